The van der Waals surface area contributed by atoms with E-state index in [1.54, 1.807) is 6.33 Å². The molecule has 30 heavy (non-hydrogen) atoms. The number of rotatable bonds is 6. The van der Waals surface area contributed by atoms with E-state index in [0.29, 0.717) is 23.9 Å². The summed E-state index contributed by atoms with van der Waals surface area (Å²) < 4.78 is 11.0. The summed E-state index contributed by atoms with van der Waals surface area (Å²) in [4.78, 5) is 21.1. The Kier molecular flexibility index (Phi) is 6.04. The molecule has 1 saturated heterocycles. The Morgan fingerprint density at radius 3 is 2.80 bits per heavy atom. The van der Waals surface area contributed by atoms with E-state index in [-0.39, 0.29) is 5.91 Å². The molecule has 2 N–H and O–H groups in total. The summed E-state index contributed by atoms with van der Waals surface area (Å²) in [7, 11) is 0. The summed E-state index contributed by atoms with van der Waals surface area (Å²) in [6, 6.07) is 5.95. The highest BCUT2D eigenvalue weighted by atomic mass is 16.5. The number of anilines is 1. The topological polar surface area (TPSA) is 102 Å². The van der Waals surface area contributed by atoms with Crippen molar-refractivity contribution < 1.29 is 14.1 Å². The summed E-state index contributed by atoms with van der Waals surface area (Å²) in [5.41, 5.74) is 4.46. The van der Waals surface area contributed by atoms with Crippen LogP contribution in [0.25, 0.3) is 11.1 Å². The molecule has 1 aliphatic heterocycles. The molecule has 0 saturated carbocycles. The molecule has 4 rings (SSSR count). The van der Waals surface area contributed by atoms with Crippen LogP contribution in [0.4, 0.5) is 5.69 Å². The average Bonchev–Trinajstić information content (AvgIpc) is 3.29. The fraction of sp³-hybridized carbons (Fsp3) is 0.364. The molecule has 0 aliphatic carbocycles. The third kappa shape index (κ3) is 4.49. The molecule has 0 bridgehead atoms. The third-order valence-corrected chi connectivity index (χ3v) is 5.28. The van der Waals surface area contributed by atoms with Gasteiger partial charge >= 0.3 is 0 Å². The van der Waals surface area contributed by atoms with Gasteiger partial charge in [0.2, 0.25) is 0 Å². The molecular weight excluding hydrogens is 382 g/mol. The zero-order valence-electron chi connectivity index (χ0n) is 17.1. The average molecular weight is 407 g/mol. The second-order valence-corrected chi connectivity index (χ2v) is 7.46. The lowest BCUT2D eigenvalue weighted by Gasteiger charge is -2.24. The highest BCUT2D eigenvalue weighted by Crippen LogP contribution is 2.36. The van der Waals surface area contributed by atoms with Crippen molar-refractivity contribution in [1.29, 1.82) is 0 Å². The first-order chi connectivity index (χ1) is 14.6. The summed E-state index contributed by atoms with van der Waals surface area (Å²) in [5.74, 6) is 0.450. The number of carbonyl (C=O) groups is 1. The maximum atomic E-state index is 12.4. The molecule has 1 fully saturated rings. The molecule has 3 aromatic rings. The van der Waals surface area contributed by atoms with Crippen LogP contribution in [-0.4, -0.2) is 40.2 Å². The van der Waals surface area contributed by atoms with Crippen LogP contribution in [0.3, 0.4) is 0 Å². The number of benzene rings is 1. The van der Waals surface area contributed by atoms with Crippen molar-refractivity contribution in [2.45, 2.75) is 39.2 Å². The van der Waals surface area contributed by atoms with Gasteiger partial charge in [0.1, 0.15) is 24.9 Å². The number of piperidine rings is 1. The van der Waals surface area contributed by atoms with Crippen LogP contribution in [0.5, 0.6) is 5.75 Å². The Balaban J connectivity index is 1.64. The lowest BCUT2D eigenvalue weighted by atomic mass is 10.0. The lowest BCUT2D eigenvalue weighted by Crippen LogP contribution is -2.38. The zero-order valence-corrected chi connectivity index (χ0v) is 17.1. The van der Waals surface area contributed by atoms with Gasteiger partial charge < -0.3 is 19.9 Å². The van der Waals surface area contributed by atoms with Crippen molar-refractivity contribution in [3.63, 3.8) is 0 Å². The number of ether oxygens (including phenoxy) is 1. The van der Waals surface area contributed by atoms with Gasteiger partial charge in [-0.2, -0.15) is 0 Å². The highest BCUT2D eigenvalue weighted by molar-refractivity contribution is 6.04. The van der Waals surface area contributed by atoms with Crippen LogP contribution < -0.4 is 15.4 Å². The molecule has 8 nitrogen and oxygen atoms in total. The van der Waals surface area contributed by atoms with E-state index in [4.69, 9.17) is 9.26 Å². The van der Waals surface area contributed by atoms with Gasteiger partial charge in [-0.15, -0.1) is 0 Å². The predicted octanol–water partition coefficient (Wildman–Crippen LogP) is 3.52. The van der Waals surface area contributed by atoms with Crippen LogP contribution >= 0.6 is 0 Å². The largest absolute Gasteiger partial charge is 0.491 e. The summed E-state index contributed by atoms with van der Waals surface area (Å²) in [6.45, 7) is 5.50. The van der Waals surface area contributed by atoms with Crippen LogP contribution in [0.2, 0.25) is 0 Å². The van der Waals surface area contributed by atoms with Crippen LogP contribution in [0.1, 0.15) is 41.0 Å². The van der Waals surface area contributed by atoms with Crippen molar-refractivity contribution >= 4 is 11.6 Å². The van der Waals surface area contributed by atoms with Crippen molar-refractivity contribution in [2.75, 3.05) is 18.5 Å². The first-order valence-corrected chi connectivity index (χ1v) is 10.1. The first-order valence-electron chi connectivity index (χ1n) is 10.1. The van der Waals surface area contributed by atoms with E-state index < -0.39 is 0 Å². The van der Waals surface area contributed by atoms with E-state index in [0.717, 1.165) is 41.2 Å². The number of carbonyl (C=O) groups excluding carboxylic acids is 1. The molecule has 156 valence electrons. The standard InChI is InChI=1S/C22H25N5O3/c1-14-21(15(2)25-13-24-14)19-9-17(27-22(28)16-10-26-30-11-16)6-7-20(19)29-12-18-5-3-4-8-23-18/h6-7,9-11,13,18,23H,3-5,8,12H2,1-2H3,(H,27,28)/t18-/m1/s1. The van der Waals surface area contributed by atoms with Crippen molar-refractivity contribution in [1.82, 2.24) is 20.4 Å². The predicted molar refractivity (Wildman–Crippen MR) is 113 cm³/mol. The molecule has 0 spiro atoms. The fourth-order valence-corrected chi connectivity index (χ4v) is 3.69. The van der Waals surface area contributed by atoms with Gasteiger partial charge in [-0.25, -0.2) is 9.97 Å². The van der Waals surface area contributed by atoms with E-state index in [9.17, 15) is 4.79 Å². The number of hydrogen-bond donors (Lipinski definition) is 2. The van der Waals surface area contributed by atoms with Crippen molar-refractivity contribution in [3.05, 3.63) is 53.9 Å². The Morgan fingerprint density at radius 1 is 1.27 bits per heavy atom. The SMILES string of the molecule is Cc1ncnc(C)c1-c1cc(NC(=O)c2cnoc2)ccc1OC[C@H]1CCCCN1. The smallest absolute Gasteiger partial charge is 0.260 e. The molecule has 8 heteroatoms. The van der Waals surface area contributed by atoms with Gasteiger partial charge in [0.15, 0.2) is 0 Å². The van der Waals surface area contributed by atoms with Gasteiger partial charge in [0.25, 0.3) is 5.91 Å². The minimum absolute atomic E-state index is 0.292. The van der Waals surface area contributed by atoms with Gasteiger partial charge in [-0.3, -0.25) is 4.79 Å². The number of nitrogens with zero attached hydrogens (tertiary/aromatic N) is 3. The molecule has 1 aromatic carbocycles. The Labute approximate surface area is 175 Å². The Bertz CT molecular complexity index is 993. The van der Waals surface area contributed by atoms with E-state index in [1.807, 2.05) is 32.0 Å². The minimum atomic E-state index is -0.292. The Hall–Kier alpha value is -3.26. The molecule has 3 heterocycles. The zero-order chi connectivity index (χ0) is 20.9. The Morgan fingerprint density at radius 2 is 2.10 bits per heavy atom. The normalized spacial score (nSPS) is 16.3. The molecule has 0 radical (unpaired) electrons. The second kappa shape index (κ2) is 9.04. The highest BCUT2D eigenvalue weighted by Gasteiger charge is 2.18. The van der Waals surface area contributed by atoms with Gasteiger partial charge in [-0.1, -0.05) is 11.6 Å². The maximum Gasteiger partial charge on any atom is 0.260 e. The first kappa shape index (κ1) is 20.0. The number of amides is 1. The van der Waals surface area contributed by atoms with Gasteiger partial charge in [-0.05, 0) is 51.4 Å². The van der Waals surface area contributed by atoms with Gasteiger partial charge in [0.05, 0.1) is 11.8 Å². The summed E-state index contributed by atoms with van der Waals surface area (Å²) in [6.07, 6.45) is 7.77. The van der Waals surface area contributed by atoms with E-state index in [2.05, 4.69) is 25.8 Å². The molecular formula is C22H25N5O3. The monoisotopic (exact) mass is 407 g/mol. The quantitative estimate of drug-likeness (QED) is 0.644. The molecule has 1 aliphatic rings. The molecule has 1 atom stereocenters. The fourth-order valence-electron chi connectivity index (χ4n) is 3.69. The lowest BCUT2D eigenvalue weighted by molar-refractivity contribution is 0.102. The van der Waals surface area contributed by atoms with Crippen molar-refractivity contribution in [2.24, 2.45) is 0 Å². The van der Waals surface area contributed by atoms with Crippen LogP contribution in [0, 0.1) is 13.8 Å². The summed E-state index contributed by atoms with van der Waals surface area (Å²) >= 11 is 0. The molecule has 0 unspecified atom stereocenters. The third-order valence-electron chi connectivity index (χ3n) is 5.28. The van der Waals surface area contributed by atoms with E-state index in [1.165, 1.54) is 25.3 Å². The maximum absolute atomic E-state index is 12.4. The summed E-state index contributed by atoms with van der Waals surface area (Å²) in [5, 5.41) is 9.96. The number of hydrogen-bond acceptors (Lipinski definition) is 7. The van der Waals surface area contributed by atoms with Gasteiger partial charge in [0, 0.05) is 34.2 Å². The number of aryl methyl sites for hydroxylation is 2. The minimum Gasteiger partial charge on any atom is -0.491 e. The second-order valence-electron chi connectivity index (χ2n) is 7.46. The van der Waals surface area contributed by atoms with Crippen molar-refractivity contribution in [3.8, 4) is 16.9 Å². The number of aromatic nitrogens is 3. The van der Waals surface area contributed by atoms with Crippen LogP contribution in [-0.2, 0) is 0 Å². The van der Waals surface area contributed by atoms with Crippen LogP contribution in [0.15, 0.2) is 41.5 Å². The molecule has 2 aromatic heterocycles. The van der Waals surface area contributed by atoms with E-state index >= 15 is 0 Å². The molecule has 1 amide bonds. The number of nitrogens with one attached hydrogen (secondary N) is 2.